The zero-order valence-electron chi connectivity index (χ0n) is 11.5. The molecular formula is C14H20BrNO2S. The summed E-state index contributed by atoms with van der Waals surface area (Å²) in [4.78, 5) is 11.4. The lowest BCUT2D eigenvalue weighted by molar-refractivity contribution is 0.0600. The van der Waals surface area contributed by atoms with Gasteiger partial charge in [0.25, 0.3) is 0 Å². The van der Waals surface area contributed by atoms with Crippen LogP contribution in [0.2, 0.25) is 0 Å². The lowest BCUT2D eigenvalue weighted by Crippen LogP contribution is -2.26. The number of ether oxygens (including phenoxy) is 1. The molecule has 0 amide bonds. The second-order valence-corrected chi connectivity index (χ2v) is 6.20. The molecule has 0 spiro atoms. The van der Waals surface area contributed by atoms with Gasteiger partial charge < -0.3 is 10.1 Å². The molecule has 0 aliphatic heterocycles. The molecule has 1 atom stereocenters. The first-order valence-corrected chi connectivity index (χ1v) is 8.36. The van der Waals surface area contributed by atoms with E-state index in [1.165, 1.54) is 7.11 Å². The number of hydrogen-bond acceptors (Lipinski definition) is 4. The van der Waals surface area contributed by atoms with Crippen molar-refractivity contribution in [3.63, 3.8) is 0 Å². The van der Waals surface area contributed by atoms with Crippen molar-refractivity contribution < 1.29 is 9.53 Å². The number of thioether (sulfide) groups is 1. The van der Waals surface area contributed by atoms with E-state index in [1.807, 2.05) is 17.8 Å². The third kappa shape index (κ3) is 5.55. The highest BCUT2D eigenvalue weighted by Gasteiger charge is 2.09. The van der Waals surface area contributed by atoms with Crippen molar-refractivity contribution >= 4 is 33.7 Å². The number of nitrogens with one attached hydrogen (secondary N) is 1. The molecule has 1 aromatic rings. The fraction of sp³-hybridized carbons (Fsp3) is 0.500. The standard InChI is InChI=1S/C14H20BrNO2S/c1-10(6-7-19-3)16-9-12-5-4-11(8-13(12)15)14(17)18-2/h4-5,8,10,16H,6-7,9H2,1-3H3. The molecule has 0 radical (unpaired) electrons. The first-order valence-electron chi connectivity index (χ1n) is 6.17. The maximum atomic E-state index is 11.4. The summed E-state index contributed by atoms with van der Waals surface area (Å²) in [6.07, 6.45) is 3.27. The Morgan fingerprint density at radius 3 is 2.84 bits per heavy atom. The predicted molar refractivity (Wildman–Crippen MR) is 84.8 cm³/mol. The quantitative estimate of drug-likeness (QED) is 0.768. The summed E-state index contributed by atoms with van der Waals surface area (Å²) in [6, 6.07) is 6.03. The second-order valence-electron chi connectivity index (χ2n) is 4.36. The van der Waals surface area contributed by atoms with Crippen LogP contribution in [0.4, 0.5) is 0 Å². The van der Waals surface area contributed by atoms with Crippen molar-refractivity contribution in [2.24, 2.45) is 0 Å². The van der Waals surface area contributed by atoms with Crippen LogP contribution in [-0.2, 0) is 11.3 Å². The zero-order valence-corrected chi connectivity index (χ0v) is 13.9. The number of benzene rings is 1. The van der Waals surface area contributed by atoms with Crippen LogP contribution in [0.3, 0.4) is 0 Å². The second kappa shape index (κ2) is 8.61. The smallest absolute Gasteiger partial charge is 0.337 e. The maximum Gasteiger partial charge on any atom is 0.337 e. The molecule has 0 saturated heterocycles. The van der Waals surface area contributed by atoms with Crippen LogP contribution >= 0.6 is 27.7 Å². The Balaban J connectivity index is 2.57. The van der Waals surface area contributed by atoms with Crippen molar-refractivity contribution in [1.29, 1.82) is 0 Å². The van der Waals surface area contributed by atoms with Crippen molar-refractivity contribution in [2.75, 3.05) is 19.1 Å². The monoisotopic (exact) mass is 345 g/mol. The number of hydrogen-bond donors (Lipinski definition) is 1. The number of carbonyl (C=O) groups excluding carboxylic acids is 1. The van der Waals surface area contributed by atoms with Crippen LogP contribution in [0, 0.1) is 0 Å². The van der Waals surface area contributed by atoms with Crippen LogP contribution in [0.1, 0.15) is 29.3 Å². The highest BCUT2D eigenvalue weighted by atomic mass is 79.9. The van der Waals surface area contributed by atoms with Crippen molar-refractivity contribution in [3.05, 3.63) is 33.8 Å². The zero-order chi connectivity index (χ0) is 14.3. The lowest BCUT2D eigenvalue weighted by Gasteiger charge is -2.14. The van der Waals surface area contributed by atoms with Crippen LogP contribution in [0.25, 0.3) is 0 Å². The average Bonchev–Trinajstić information content (AvgIpc) is 2.42. The molecule has 1 aromatic carbocycles. The van der Waals surface area contributed by atoms with E-state index in [2.05, 4.69) is 34.4 Å². The molecule has 5 heteroatoms. The average molecular weight is 346 g/mol. The summed E-state index contributed by atoms with van der Waals surface area (Å²) < 4.78 is 5.63. The Bertz CT molecular complexity index is 426. The minimum atomic E-state index is -0.312. The van der Waals surface area contributed by atoms with Crippen LogP contribution < -0.4 is 5.32 Å². The number of methoxy groups -OCH3 is 1. The minimum Gasteiger partial charge on any atom is -0.465 e. The molecule has 1 N–H and O–H groups in total. The molecule has 3 nitrogen and oxygen atoms in total. The largest absolute Gasteiger partial charge is 0.465 e. The molecule has 0 aliphatic carbocycles. The van der Waals surface area contributed by atoms with E-state index in [1.54, 1.807) is 12.1 Å². The van der Waals surface area contributed by atoms with Crippen molar-refractivity contribution in [2.45, 2.75) is 25.9 Å². The van der Waals surface area contributed by atoms with Crippen LogP contribution in [0.5, 0.6) is 0 Å². The molecule has 0 fully saturated rings. The molecule has 1 rings (SSSR count). The van der Waals surface area contributed by atoms with Gasteiger partial charge in [0.15, 0.2) is 0 Å². The number of halogens is 1. The van der Waals surface area contributed by atoms with Crippen molar-refractivity contribution in [1.82, 2.24) is 5.32 Å². The summed E-state index contributed by atoms with van der Waals surface area (Å²) >= 11 is 5.36. The molecule has 0 aliphatic rings. The van der Waals surface area contributed by atoms with E-state index in [9.17, 15) is 4.79 Å². The Hall–Kier alpha value is -0.520. The minimum absolute atomic E-state index is 0.312. The Morgan fingerprint density at radius 1 is 1.53 bits per heavy atom. The van der Waals surface area contributed by atoms with Crippen LogP contribution in [0.15, 0.2) is 22.7 Å². The lowest BCUT2D eigenvalue weighted by atomic mass is 10.1. The van der Waals surface area contributed by atoms with E-state index in [-0.39, 0.29) is 5.97 Å². The Morgan fingerprint density at radius 2 is 2.26 bits per heavy atom. The number of rotatable bonds is 7. The van der Waals surface area contributed by atoms with E-state index < -0.39 is 0 Å². The summed E-state index contributed by atoms with van der Waals surface area (Å²) in [5.74, 6) is 0.852. The topological polar surface area (TPSA) is 38.3 Å². The van der Waals surface area contributed by atoms with E-state index in [0.717, 1.165) is 28.8 Å². The molecule has 0 heterocycles. The fourth-order valence-electron chi connectivity index (χ4n) is 1.62. The summed E-state index contributed by atoms with van der Waals surface area (Å²) in [5.41, 5.74) is 1.71. The predicted octanol–water partition coefficient (Wildman–Crippen LogP) is 3.47. The molecule has 1 unspecified atom stereocenters. The van der Waals surface area contributed by atoms with Crippen LogP contribution in [-0.4, -0.2) is 31.1 Å². The van der Waals surface area contributed by atoms with Gasteiger partial charge in [-0.15, -0.1) is 0 Å². The highest BCUT2D eigenvalue weighted by molar-refractivity contribution is 9.10. The summed E-state index contributed by atoms with van der Waals surface area (Å²) in [7, 11) is 1.39. The first-order chi connectivity index (χ1) is 9.08. The van der Waals surface area contributed by atoms with Gasteiger partial charge in [-0.25, -0.2) is 4.79 Å². The van der Waals surface area contributed by atoms with Gasteiger partial charge in [0, 0.05) is 17.1 Å². The maximum absolute atomic E-state index is 11.4. The SMILES string of the molecule is COC(=O)c1ccc(CNC(C)CCSC)c(Br)c1. The van der Waals surface area contributed by atoms with E-state index >= 15 is 0 Å². The van der Waals surface area contributed by atoms with Gasteiger partial charge in [-0.2, -0.15) is 11.8 Å². The Labute approximate surface area is 127 Å². The summed E-state index contributed by atoms with van der Waals surface area (Å²) in [5, 5.41) is 3.48. The van der Waals surface area contributed by atoms with Gasteiger partial charge >= 0.3 is 5.97 Å². The molecule has 0 saturated carbocycles. The molecule has 0 aromatic heterocycles. The van der Waals surface area contributed by atoms with Gasteiger partial charge in [0.2, 0.25) is 0 Å². The molecule has 0 bridgehead atoms. The normalized spacial score (nSPS) is 12.2. The van der Waals surface area contributed by atoms with Gasteiger partial charge in [0.05, 0.1) is 12.7 Å². The number of carbonyl (C=O) groups is 1. The third-order valence-corrected chi connectivity index (χ3v) is 4.25. The number of esters is 1. The highest BCUT2D eigenvalue weighted by Crippen LogP contribution is 2.19. The van der Waals surface area contributed by atoms with Gasteiger partial charge in [-0.05, 0) is 43.0 Å². The van der Waals surface area contributed by atoms with E-state index in [0.29, 0.717) is 11.6 Å². The van der Waals surface area contributed by atoms with Gasteiger partial charge in [0.1, 0.15) is 0 Å². The summed E-state index contributed by atoms with van der Waals surface area (Å²) in [6.45, 7) is 2.98. The first kappa shape index (κ1) is 16.5. The Kier molecular flexibility index (Phi) is 7.49. The molecular weight excluding hydrogens is 326 g/mol. The molecule has 19 heavy (non-hydrogen) atoms. The van der Waals surface area contributed by atoms with Gasteiger partial charge in [-0.1, -0.05) is 22.0 Å². The van der Waals surface area contributed by atoms with E-state index in [4.69, 9.17) is 4.74 Å². The van der Waals surface area contributed by atoms with Crippen molar-refractivity contribution in [3.8, 4) is 0 Å². The van der Waals surface area contributed by atoms with Gasteiger partial charge in [-0.3, -0.25) is 0 Å². The molecule has 106 valence electrons. The third-order valence-electron chi connectivity index (χ3n) is 2.87. The fourth-order valence-corrected chi connectivity index (χ4v) is 2.72.